The van der Waals surface area contributed by atoms with E-state index in [0.29, 0.717) is 5.56 Å². The van der Waals surface area contributed by atoms with Crippen molar-refractivity contribution in [2.45, 2.75) is 0 Å². The van der Waals surface area contributed by atoms with Crippen LogP contribution in [0.3, 0.4) is 0 Å². The van der Waals surface area contributed by atoms with Crippen molar-refractivity contribution in [2.75, 3.05) is 0 Å². The van der Waals surface area contributed by atoms with Gasteiger partial charge in [-0.3, -0.25) is 0 Å². The SMILES string of the molecule is O=C(O)c1c(O)cc(-c2ccccc2)cc1O. The maximum atomic E-state index is 10.8. The van der Waals surface area contributed by atoms with Crippen LogP contribution in [0.2, 0.25) is 0 Å². The Balaban J connectivity index is 2.57. The van der Waals surface area contributed by atoms with Crippen molar-refractivity contribution >= 4 is 5.97 Å². The Morgan fingerprint density at radius 2 is 1.41 bits per heavy atom. The average Bonchev–Trinajstić information content (AvgIpc) is 2.28. The van der Waals surface area contributed by atoms with E-state index in [4.69, 9.17) is 5.11 Å². The van der Waals surface area contributed by atoms with Gasteiger partial charge in [-0.1, -0.05) is 30.3 Å². The third-order valence-electron chi connectivity index (χ3n) is 2.42. The van der Waals surface area contributed by atoms with Gasteiger partial charge in [0.05, 0.1) is 0 Å². The van der Waals surface area contributed by atoms with Gasteiger partial charge in [0.2, 0.25) is 0 Å². The second kappa shape index (κ2) is 4.17. The highest BCUT2D eigenvalue weighted by molar-refractivity contribution is 5.95. The van der Waals surface area contributed by atoms with E-state index in [9.17, 15) is 15.0 Å². The minimum atomic E-state index is -1.36. The number of phenols is 2. The maximum Gasteiger partial charge on any atom is 0.343 e. The molecule has 0 bridgehead atoms. The van der Waals surface area contributed by atoms with E-state index in [1.165, 1.54) is 12.1 Å². The van der Waals surface area contributed by atoms with Crippen molar-refractivity contribution in [1.82, 2.24) is 0 Å². The average molecular weight is 230 g/mol. The lowest BCUT2D eigenvalue weighted by Crippen LogP contribution is -1.97. The monoisotopic (exact) mass is 230 g/mol. The molecule has 4 nitrogen and oxygen atoms in total. The Kier molecular flexibility index (Phi) is 2.70. The molecule has 2 aromatic rings. The second-order valence-electron chi connectivity index (χ2n) is 3.56. The van der Waals surface area contributed by atoms with E-state index in [0.717, 1.165) is 5.56 Å². The summed E-state index contributed by atoms with van der Waals surface area (Å²) in [5, 5.41) is 27.9. The quantitative estimate of drug-likeness (QED) is 0.740. The molecule has 0 aromatic heterocycles. The molecular formula is C13H10O4. The van der Waals surface area contributed by atoms with Crippen LogP contribution < -0.4 is 0 Å². The zero-order valence-electron chi connectivity index (χ0n) is 8.79. The molecule has 0 heterocycles. The zero-order chi connectivity index (χ0) is 12.4. The summed E-state index contributed by atoms with van der Waals surface area (Å²) < 4.78 is 0. The van der Waals surface area contributed by atoms with E-state index >= 15 is 0 Å². The molecule has 0 radical (unpaired) electrons. The van der Waals surface area contributed by atoms with Crippen molar-refractivity contribution < 1.29 is 20.1 Å². The van der Waals surface area contributed by atoms with Crippen molar-refractivity contribution in [3.05, 3.63) is 48.0 Å². The van der Waals surface area contributed by atoms with Crippen molar-refractivity contribution in [3.8, 4) is 22.6 Å². The summed E-state index contributed by atoms with van der Waals surface area (Å²) in [6, 6.07) is 11.7. The molecule has 0 saturated carbocycles. The summed E-state index contributed by atoms with van der Waals surface area (Å²) in [6.45, 7) is 0. The molecule has 0 spiro atoms. The number of benzene rings is 2. The van der Waals surface area contributed by atoms with Gasteiger partial charge in [0.25, 0.3) is 0 Å². The van der Waals surface area contributed by atoms with E-state index in [2.05, 4.69) is 0 Å². The summed E-state index contributed by atoms with van der Waals surface area (Å²) in [6.07, 6.45) is 0. The summed E-state index contributed by atoms with van der Waals surface area (Å²) in [7, 11) is 0. The van der Waals surface area contributed by atoms with Crippen LogP contribution >= 0.6 is 0 Å². The fourth-order valence-electron chi connectivity index (χ4n) is 1.63. The first-order valence-electron chi connectivity index (χ1n) is 4.94. The normalized spacial score (nSPS) is 10.1. The minimum absolute atomic E-state index is 0.448. The number of hydrogen-bond acceptors (Lipinski definition) is 3. The summed E-state index contributed by atoms with van der Waals surface area (Å²) in [4.78, 5) is 10.8. The molecule has 0 fully saturated rings. The third kappa shape index (κ3) is 2.06. The smallest absolute Gasteiger partial charge is 0.343 e. The van der Waals surface area contributed by atoms with Crippen LogP contribution in [-0.2, 0) is 0 Å². The molecule has 17 heavy (non-hydrogen) atoms. The number of hydrogen-bond donors (Lipinski definition) is 3. The van der Waals surface area contributed by atoms with Gasteiger partial charge in [0.1, 0.15) is 17.1 Å². The fraction of sp³-hybridized carbons (Fsp3) is 0. The number of aromatic carboxylic acids is 1. The Labute approximate surface area is 97.4 Å². The van der Waals surface area contributed by atoms with Gasteiger partial charge in [0.15, 0.2) is 0 Å². The lowest BCUT2D eigenvalue weighted by Gasteiger charge is -2.07. The van der Waals surface area contributed by atoms with E-state index in [1.54, 1.807) is 12.1 Å². The van der Waals surface area contributed by atoms with Crippen molar-refractivity contribution in [2.24, 2.45) is 0 Å². The number of aromatic hydroxyl groups is 2. The predicted octanol–water partition coefficient (Wildman–Crippen LogP) is 2.46. The molecule has 0 unspecified atom stereocenters. The van der Waals surface area contributed by atoms with Crippen LogP contribution in [0.5, 0.6) is 11.5 Å². The standard InChI is InChI=1S/C13H10O4/c14-10-6-9(8-4-2-1-3-5-8)7-11(15)12(10)13(16)17/h1-7,14-15H,(H,16,17). The highest BCUT2D eigenvalue weighted by atomic mass is 16.4. The molecule has 0 amide bonds. The van der Waals surface area contributed by atoms with Crippen LogP contribution in [0.1, 0.15) is 10.4 Å². The molecule has 0 aliphatic heterocycles. The van der Waals surface area contributed by atoms with Crippen molar-refractivity contribution in [3.63, 3.8) is 0 Å². The van der Waals surface area contributed by atoms with Crippen molar-refractivity contribution in [1.29, 1.82) is 0 Å². The van der Waals surface area contributed by atoms with Crippen LogP contribution in [0.15, 0.2) is 42.5 Å². The first-order chi connectivity index (χ1) is 8.09. The minimum Gasteiger partial charge on any atom is -0.507 e. The van der Waals surface area contributed by atoms with Crippen LogP contribution in [0, 0.1) is 0 Å². The summed E-state index contributed by atoms with van der Waals surface area (Å²) >= 11 is 0. The fourth-order valence-corrected chi connectivity index (χ4v) is 1.63. The molecule has 0 atom stereocenters. The van der Waals surface area contributed by atoms with Gasteiger partial charge in [0, 0.05) is 0 Å². The molecule has 86 valence electrons. The zero-order valence-corrected chi connectivity index (χ0v) is 8.79. The van der Waals surface area contributed by atoms with E-state index in [-0.39, 0.29) is 0 Å². The Morgan fingerprint density at radius 3 is 1.88 bits per heavy atom. The van der Waals surface area contributed by atoms with Gasteiger partial charge >= 0.3 is 5.97 Å². The van der Waals surface area contributed by atoms with E-state index < -0.39 is 23.0 Å². The van der Waals surface area contributed by atoms with Crippen LogP contribution in [-0.4, -0.2) is 21.3 Å². The molecule has 2 rings (SSSR count). The molecular weight excluding hydrogens is 220 g/mol. The lowest BCUT2D eigenvalue weighted by molar-refractivity contribution is 0.0690. The van der Waals surface area contributed by atoms with E-state index in [1.807, 2.05) is 18.2 Å². The largest absolute Gasteiger partial charge is 0.507 e. The highest BCUT2D eigenvalue weighted by Crippen LogP contribution is 2.33. The van der Waals surface area contributed by atoms with Crippen LogP contribution in [0.4, 0.5) is 0 Å². The molecule has 3 N–H and O–H groups in total. The summed E-state index contributed by atoms with van der Waals surface area (Å²) in [5.74, 6) is -2.26. The topological polar surface area (TPSA) is 77.8 Å². The molecule has 0 saturated heterocycles. The van der Waals surface area contributed by atoms with Gasteiger partial charge in [-0.15, -0.1) is 0 Å². The second-order valence-corrected chi connectivity index (χ2v) is 3.56. The van der Waals surface area contributed by atoms with Gasteiger partial charge in [-0.25, -0.2) is 4.79 Å². The van der Waals surface area contributed by atoms with Gasteiger partial charge < -0.3 is 15.3 Å². The predicted molar refractivity (Wildman–Crippen MR) is 62.2 cm³/mol. The molecule has 0 aliphatic carbocycles. The number of carboxylic acid groups (broad SMARTS) is 1. The highest BCUT2D eigenvalue weighted by Gasteiger charge is 2.16. The third-order valence-corrected chi connectivity index (χ3v) is 2.42. The first-order valence-corrected chi connectivity index (χ1v) is 4.94. The Morgan fingerprint density at radius 1 is 0.882 bits per heavy atom. The molecule has 0 aliphatic rings. The summed E-state index contributed by atoms with van der Waals surface area (Å²) in [5.41, 5.74) is 0.866. The molecule has 2 aromatic carbocycles. The van der Waals surface area contributed by atoms with Crippen LogP contribution in [0.25, 0.3) is 11.1 Å². The van der Waals surface area contributed by atoms with Gasteiger partial charge in [-0.05, 0) is 23.3 Å². The first kappa shape index (κ1) is 11.0. The number of carboxylic acids is 1. The number of carbonyl (C=O) groups is 1. The van der Waals surface area contributed by atoms with Gasteiger partial charge in [-0.2, -0.15) is 0 Å². The Hall–Kier alpha value is -2.49. The molecule has 4 heteroatoms. The Bertz CT molecular complexity index is 538. The lowest BCUT2D eigenvalue weighted by atomic mass is 10.0. The maximum absolute atomic E-state index is 10.8. The number of rotatable bonds is 2.